The molecule has 3 aliphatic carbocycles. The van der Waals surface area contributed by atoms with E-state index >= 15 is 0 Å². The van der Waals surface area contributed by atoms with Crippen LogP contribution in [-0.2, 0) is 23.7 Å². The summed E-state index contributed by atoms with van der Waals surface area (Å²) in [6.07, 6.45) is 5.57. The van der Waals surface area contributed by atoms with E-state index in [4.69, 9.17) is 41.1 Å². The predicted octanol–water partition coefficient (Wildman–Crippen LogP) is 2.39. The van der Waals surface area contributed by atoms with Gasteiger partial charge in [-0.15, -0.1) is 0 Å². The fourth-order valence-electron chi connectivity index (χ4n) is 10.9. The number of carbonyl (C=O) groups is 2. The van der Waals surface area contributed by atoms with Crippen LogP contribution in [0.25, 0.3) is 11.1 Å². The van der Waals surface area contributed by atoms with E-state index in [0.717, 1.165) is 68.0 Å². The van der Waals surface area contributed by atoms with Gasteiger partial charge < -0.3 is 41.5 Å². The Balaban J connectivity index is 0.956. The summed E-state index contributed by atoms with van der Waals surface area (Å²) in [6, 6.07) is 12.7. The van der Waals surface area contributed by atoms with Crippen LogP contribution < -0.4 is 27.4 Å². The molecule has 2 aromatic rings. The highest BCUT2D eigenvalue weighted by Gasteiger charge is 2.77. The number of nitrogens with two attached hydrogens (primary N) is 3. The second-order valence-electron chi connectivity index (χ2n) is 16.3. The Labute approximate surface area is 293 Å². The zero-order chi connectivity index (χ0) is 34.4. The van der Waals surface area contributed by atoms with Crippen LogP contribution >= 0.6 is 0 Å². The molecule has 12 atom stereocenters. The van der Waals surface area contributed by atoms with Crippen molar-refractivity contribution in [3.05, 3.63) is 48.3 Å². The topological polar surface area (TPSA) is 177 Å². The van der Waals surface area contributed by atoms with Crippen LogP contribution in [0.5, 0.6) is 0 Å². The first-order valence-corrected chi connectivity index (χ1v) is 18.5. The molecule has 50 heavy (non-hydrogen) atoms. The molecule has 11 unspecified atom stereocenters. The van der Waals surface area contributed by atoms with Gasteiger partial charge in [0.15, 0.2) is 0 Å². The van der Waals surface area contributed by atoms with E-state index < -0.39 is 6.09 Å². The molecule has 0 spiro atoms. The van der Waals surface area contributed by atoms with Gasteiger partial charge in [-0.25, -0.2) is 4.79 Å². The second-order valence-corrected chi connectivity index (χ2v) is 16.3. The number of aromatic nitrogens is 1. The van der Waals surface area contributed by atoms with Gasteiger partial charge in [0.05, 0.1) is 52.7 Å². The number of rotatable bonds is 13. The third-order valence-corrected chi connectivity index (χ3v) is 14.1. The number of benzene rings is 1. The van der Waals surface area contributed by atoms with Crippen molar-refractivity contribution in [2.24, 2.45) is 57.1 Å². The fourth-order valence-corrected chi connectivity index (χ4v) is 10.9. The van der Waals surface area contributed by atoms with E-state index in [1.54, 1.807) is 4.90 Å². The summed E-state index contributed by atoms with van der Waals surface area (Å²) in [7, 11) is 0. The molecule has 3 saturated carbocycles. The minimum Gasteiger partial charge on any atom is -0.442 e. The second kappa shape index (κ2) is 12.0. The van der Waals surface area contributed by atoms with Crippen molar-refractivity contribution in [2.45, 2.75) is 62.8 Å². The minimum absolute atomic E-state index is 0.0593. The molecule has 1 aromatic heterocycles. The molecule has 268 valence electrons. The van der Waals surface area contributed by atoms with Crippen LogP contribution in [0.3, 0.4) is 0 Å². The minimum atomic E-state index is -0.413. The van der Waals surface area contributed by atoms with Crippen molar-refractivity contribution >= 4 is 17.7 Å². The lowest BCUT2D eigenvalue weighted by Gasteiger charge is -2.38. The van der Waals surface area contributed by atoms with E-state index in [-0.39, 0.29) is 58.2 Å². The van der Waals surface area contributed by atoms with Crippen LogP contribution in [0, 0.1) is 39.9 Å². The van der Waals surface area contributed by atoms with Gasteiger partial charge in [0.2, 0.25) is 5.91 Å². The maximum atomic E-state index is 12.6. The SMILES string of the molecule is CC(=O)NC[C@H]1CN(c2ccc(-c3ccc(C(C(CCCCC45COCC4C5N)C45COCC4C5N)C45COCC4C5N)nc3)cc2)C(=O)O1. The molecule has 0 radical (unpaired) electrons. The number of cyclic esters (lactones) is 1. The molecule has 7 fully saturated rings. The molecule has 7 N–H and O–H groups in total. The van der Waals surface area contributed by atoms with E-state index in [2.05, 4.69) is 17.4 Å². The summed E-state index contributed by atoms with van der Waals surface area (Å²) in [5.41, 5.74) is 24.1. The summed E-state index contributed by atoms with van der Waals surface area (Å²) >= 11 is 0. The zero-order valence-electron chi connectivity index (χ0n) is 28.8. The Hall–Kier alpha value is -3.13. The van der Waals surface area contributed by atoms with Crippen molar-refractivity contribution in [1.82, 2.24) is 10.3 Å². The van der Waals surface area contributed by atoms with Crippen LogP contribution in [0.1, 0.15) is 44.2 Å². The van der Waals surface area contributed by atoms with E-state index in [9.17, 15) is 9.59 Å². The van der Waals surface area contributed by atoms with Crippen LogP contribution in [0.15, 0.2) is 42.6 Å². The standard InChI is InChI=1S/C38H50N6O6/c1-21(45)42-13-25-14-44(35(46)50-25)24-8-5-22(6-9-24)23-7-10-30(43-12-23)31(38-20-49-17-29(38)34(38)41)26(37-19-48-16-28(37)33(37)40)4-2-3-11-36-18-47-15-27(36)32(36)39/h5-10,12,25-29,31-34H,2-4,11,13-20,39-41H2,1H3,(H,42,45)/t25-,26?,27?,28?,29?,31?,32?,33?,34?,36?,37?,38?/m0/s1. The highest BCUT2D eigenvalue weighted by atomic mass is 16.6. The van der Waals surface area contributed by atoms with Crippen molar-refractivity contribution in [2.75, 3.05) is 57.6 Å². The van der Waals surface area contributed by atoms with Gasteiger partial charge in [0.1, 0.15) is 6.10 Å². The largest absolute Gasteiger partial charge is 0.442 e. The van der Waals surface area contributed by atoms with Gasteiger partial charge in [-0.05, 0) is 42.5 Å². The lowest BCUT2D eigenvalue weighted by atomic mass is 9.66. The molecule has 12 nitrogen and oxygen atoms in total. The predicted molar refractivity (Wildman–Crippen MR) is 185 cm³/mol. The lowest BCUT2D eigenvalue weighted by Crippen LogP contribution is -2.39. The summed E-state index contributed by atoms with van der Waals surface area (Å²) < 4.78 is 23.5. The van der Waals surface area contributed by atoms with Gasteiger partial charge in [0.25, 0.3) is 0 Å². The van der Waals surface area contributed by atoms with Crippen LogP contribution in [0.4, 0.5) is 10.5 Å². The molecule has 4 saturated heterocycles. The number of hydrogen-bond donors (Lipinski definition) is 4. The first kappa shape index (κ1) is 32.8. The molecular formula is C38H50N6O6. The maximum absolute atomic E-state index is 12.6. The monoisotopic (exact) mass is 686 g/mol. The number of carbonyl (C=O) groups excluding carboxylic acids is 2. The van der Waals surface area contributed by atoms with Gasteiger partial charge in [-0.2, -0.15) is 0 Å². The molecule has 1 aromatic carbocycles. The summed E-state index contributed by atoms with van der Waals surface area (Å²) in [4.78, 5) is 30.7. The highest BCUT2D eigenvalue weighted by molar-refractivity contribution is 5.90. The summed E-state index contributed by atoms with van der Waals surface area (Å²) in [5, 5.41) is 2.72. The van der Waals surface area contributed by atoms with Gasteiger partial charge in [0, 0.05) is 88.1 Å². The first-order chi connectivity index (χ1) is 24.2. The van der Waals surface area contributed by atoms with Gasteiger partial charge in [-0.1, -0.05) is 31.0 Å². The average molecular weight is 687 g/mol. The first-order valence-electron chi connectivity index (χ1n) is 18.5. The lowest BCUT2D eigenvalue weighted by molar-refractivity contribution is -0.119. The van der Waals surface area contributed by atoms with E-state index in [1.165, 1.54) is 6.92 Å². The Kier molecular flexibility index (Phi) is 7.84. The van der Waals surface area contributed by atoms with Crippen LogP contribution in [0.2, 0.25) is 0 Å². The fraction of sp³-hybridized carbons (Fsp3) is 0.658. The Bertz CT molecular complexity index is 1640. The molecule has 4 aliphatic heterocycles. The molecule has 9 rings (SSSR count). The highest BCUT2D eigenvalue weighted by Crippen LogP contribution is 2.72. The third kappa shape index (κ3) is 4.89. The molecular weight excluding hydrogens is 636 g/mol. The van der Waals surface area contributed by atoms with Crippen LogP contribution in [-0.4, -0.2) is 93.9 Å². The molecule has 5 heterocycles. The third-order valence-electron chi connectivity index (χ3n) is 14.1. The van der Waals surface area contributed by atoms with E-state index in [1.807, 2.05) is 30.5 Å². The van der Waals surface area contributed by atoms with Crippen molar-refractivity contribution in [3.8, 4) is 11.1 Å². The van der Waals surface area contributed by atoms with E-state index in [0.29, 0.717) is 50.7 Å². The Morgan fingerprint density at radius 2 is 1.58 bits per heavy atom. The summed E-state index contributed by atoms with van der Waals surface area (Å²) in [6.45, 7) is 6.52. The average Bonchev–Trinajstić information content (AvgIpc) is 3.66. The maximum Gasteiger partial charge on any atom is 0.414 e. The Morgan fingerprint density at radius 3 is 2.20 bits per heavy atom. The van der Waals surface area contributed by atoms with Crippen molar-refractivity contribution in [3.63, 3.8) is 0 Å². The number of amides is 2. The molecule has 0 bridgehead atoms. The quantitative estimate of drug-likeness (QED) is 0.229. The molecule has 2 amide bonds. The van der Waals surface area contributed by atoms with Crippen molar-refractivity contribution < 1.29 is 28.5 Å². The number of unbranched alkanes of at least 4 members (excludes halogenated alkanes) is 1. The number of pyridine rings is 1. The number of nitrogens with zero attached hydrogens (tertiary/aromatic N) is 2. The van der Waals surface area contributed by atoms with Gasteiger partial charge in [-0.3, -0.25) is 14.7 Å². The number of ether oxygens (including phenoxy) is 4. The molecule has 12 heteroatoms. The number of fused-ring (bicyclic) bond motifs is 3. The van der Waals surface area contributed by atoms with Crippen molar-refractivity contribution in [1.29, 1.82) is 0 Å². The summed E-state index contributed by atoms with van der Waals surface area (Å²) in [5.74, 6) is 1.48. The molecule has 7 aliphatic rings. The normalized spacial score (nSPS) is 40.1. The zero-order valence-corrected chi connectivity index (χ0v) is 28.8. The smallest absolute Gasteiger partial charge is 0.414 e. The number of nitrogens with one attached hydrogen (secondary N) is 1. The number of hydrogen-bond acceptors (Lipinski definition) is 10. The Morgan fingerprint density at radius 1 is 0.900 bits per heavy atom. The van der Waals surface area contributed by atoms with Gasteiger partial charge >= 0.3 is 6.09 Å². The number of anilines is 1.